The third-order valence-electron chi connectivity index (χ3n) is 2.24. The van der Waals surface area contributed by atoms with E-state index in [1.165, 1.54) is 18.2 Å². The predicted octanol–water partition coefficient (Wildman–Crippen LogP) is 3.64. The first-order valence-corrected chi connectivity index (χ1v) is 5.91. The van der Waals surface area contributed by atoms with E-state index < -0.39 is 16.6 Å². The topological polar surface area (TPSA) is 83.7 Å². The Morgan fingerprint density at radius 1 is 1.44 bits per heavy atom. The first-order chi connectivity index (χ1) is 8.14. The summed E-state index contributed by atoms with van der Waals surface area (Å²) in [6, 6.07) is 4.02. The maximum Gasteiger partial charge on any atom is 0.412 e. The second-order valence-electron chi connectivity index (χ2n) is 4.68. The number of amides is 1. The molecule has 0 radical (unpaired) electrons. The Bertz CT molecular complexity index is 496. The predicted molar refractivity (Wildman–Crippen MR) is 71.1 cm³/mol. The molecule has 0 bridgehead atoms. The minimum Gasteiger partial charge on any atom is -0.465 e. The molecule has 0 atom stereocenters. The van der Waals surface area contributed by atoms with Crippen molar-refractivity contribution < 1.29 is 14.8 Å². The van der Waals surface area contributed by atoms with E-state index in [9.17, 15) is 20.0 Å². The Labute approximate surface area is 112 Å². The van der Waals surface area contributed by atoms with Crippen LogP contribution in [0.3, 0.4) is 0 Å². The van der Waals surface area contributed by atoms with Crippen LogP contribution in [0.1, 0.15) is 20.8 Å². The van der Waals surface area contributed by atoms with Gasteiger partial charge in [0.2, 0.25) is 0 Å². The van der Waals surface area contributed by atoms with Crippen molar-refractivity contribution in [3.05, 3.63) is 32.8 Å². The third kappa shape index (κ3) is 2.98. The van der Waals surface area contributed by atoms with E-state index in [1.54, 1.807) is 20.8 Å². The molecule has 0 aromatic heterocycles. The van der Waals surface area contributed by atoms with Crippen LogP contribution in [0.2, 0.25) is 0 Å². The maximum atomic E-state index is 11.3. The lowest BCUT2D eigenvalue weighted by Gasteiger charge is -2.33. The van der Waals surface area contributed by atoms with Crippen molar-refractivity contribution in [1.82, 2.24) is 0 Å². The zero-order chi connectivity index (χ0) is 14.1. The Morgan fingerprint density at radius 3 is 2.39 bits per heavy atom. The Kier molecular flexibility index (Phi) is 3.95. The molecule has 1 aromatic carbocycles. The van der Waals surface area contributed by atoms with Crippen LogP contribution in [-0.4, -0.2) is 21.7 Å². The molecule has 0 spiro atoms. The van der Waals surface area contributed by atoms with Crippen molar-refractivity contribution in [1.29, 1.82) is 0 Å². The molecule has 6 nitrogen and oxygen atoms in total. The standard InChI is InChI=1S/C11H13BrN2O4/c1-11(2,3)13(10(15)16)9-6-7(14(17)18)4-5-8(9)12/h4-6H,1-3H3,(H,15,16). The third-order valence-corrected chi connectivity index (χ3v) is 2.91. The number of nitro groups is 1. The van der Waals surface area contributed by atoms with E-state index in [0.717, 1.165) is 4.90 Å². The first-order valence-electron chi connectivity index (χ1n) is 5.11. The van der Waals surface area contributed by atoms with Gasteiger partial charge in [-0.1, -0.05) is 0 Å². The number of benzene rings is 1. The summed E-state index contributed by atoms with van der Waals surface area (Å²) in [5.41, 5.74) is -0.600. The molecule has 0 saturated carbocycles. The Morgan fingerprint density at radius 2 is 2.00 bits per heavy atom. The van der Waals surface area contributed by atoms with Gasteiger partial charge in [-0.2, -0.15) is 0 Å². The zero-order valence-electron chi connectivity index (χ0n) is 10.2. The molecule has 0 aliphatic rings. The summed E-state index contributed by atoms with van der Waals surface area (Å²) in [4.78, 5) is 22.6. The van der Waals surface area contributed by atoms with Gasteiger partial charge in [0, 0.05) is 22.1 Å². The highest BCUT2D eigenvalue weighted by Gasteiger charge is 2.30. The molecule has 98 valence electrons. The van der Waals surface area contributed by atoms with Crippen LogP contribution < -0.4 is 4.90 Å². The van der Waals surface area contributed by atoms with E-state index in [4.69, 9.17) is 0 Å². The average Bonchev–Trinajstić information content (AvgIpc) is 2.18. The number of halogens is 1. The van der Waals surface area contributed by atoms with E-state index >= 15 is 0 Å². The fraction of sp³-hybridized carbons (Fsp3) is 0.364. The number of anilines is 1. The van der Waals surface area contributed by atoms with Crippen LogP contribution in [-0.2, 0) is 0 Å². The van der Waals surface area contributed by atoms with Gasteiger partial charge in [-0.3, -0.25) is 15.0 Å². The molecule has 0 aliphatic carbocycles. The summed E-state index contributed by atoms with van der Waals surface area (Å²) < 4.78 is 0.491. The van der Waals surface area contributed by atoms with Crippen LogP contribution in [0.4, 0.5) is 16.2 Å². The second-order valence-corrected chi connectivity index (χ2v) is 5.54. The van der Waals surface area contributed by atoms with E-state index in [-0.39, 0.29) is 11.4 Å². The minimum absolute atomic E-state index is 0.149. The van der Waals surface area contributed by atoms with Gasteiger partial charge in [0.25, 0.3) is 5.69 Å². The number of carboxylic acid groups (broad SMARTS) is 1. The SMILES string of the molecule is CC(C)(C)N(C(=O)O)c1cc([N+](=O)[O-])ccc1Br. The Hall–Kier alpha value is -1.63. The zero-order valence-corrected chi connectivity index (χ0v) is 11.8. The Balaban J connectivity index is 3.41. The van der Waals surface area contributed by atoms with E-state index in [2.05, 4.69) is 15.9 Å². The van der Waals surface area contributed by atoms with Crippen molar-refractivity contribution >= 4 is 33.4 Å². The fourth-order valence-electron chi connectivity index (χ4n) is 1.54. The molecule has 0 saturated heterocycles. The molecular weight excluding hydrogens is 304 g/mol. The number of non-ortho nitro benzene ring substituents is 1. The van der Waals surface area contributed by atoms with Gasteiger partial charge in [-0.25, -0.2) is 4.79 Å². The van der Waals surface area contributed by atoms with Gasteiger partial charge < -0.3 is 5.11 Å². The van der Waals surface area contributed by atoms with Crippen molar-refractivity contribution in [2.45, 2.75) is 26.3 Å². The highest BCUT2D eigenvalue weighted by Crippen LogP contribution is 2.34. The summed E-state index contributed by atoms with van der Waals surface area (Å²) in [5.74, 6) is 0. The van der Waals surface area contributed by atoms with Crippen LogP contribution >= 0.6 is 15.9 Å². The molecule has 0 aliphatic heterocycles. The van der Waals surface area contributed by atoms with Gasteiger partial charge in [0.15, 0.2) is 0 Å². The maximum absolute atomic E-state index is 11.3. The summed E-state index contributed by atoms with van der Waals surface area (Å²) in [7, 11) is 0. The lowest BCUT2D eigenvalue weighted by atomic mass is 10.1. The highest BCUT2D eigenvalue weighted by molar-refractivity contribution is 9.10. The fourth-order valence-corrected chi connectivity index (χ4v) is 1.96. The lowest BCUT2D eigenvalue weighted by Crippen LogP contribution is -2.45. The molecule has 0 heterocycles. The highest BCUT2D eigenvalue weighted by atomic mass is 79.9. The van der Waals surface area contributed by atoms with Crippen molar-refractivity contribution in [2.75, 3.05) is 4.90 Å². The van der Waals surface area contributed by atoms with Crippen LogP contribution in [0.15, 0.2) is 22.7 Å². The molecule has 7 heteroatoms. The number of hydrogen-bond donors (Lipinski definition) is 1. The van der Waals surface area contributed by atoms with E-state index in [0.29, 0.717) is 4.47 Å². The summed E-state index contributed by atoms with van der Waals surface area (Å²) in [6.07, 6.45) is -1.16. The quantitative estimate of drug-likeness (QED) is 0.666. The number of hydrogen-bond acceptors (Lipinski definition) is 3. The summed E-state index contributed by atoms with van der Waals surface area (Å²) in [5, 5.41) is 20.0. The molecule has 0 fully saturated rings. The molecule has 1 rings (SSSR count). The number of nitrogens with zero attached hydrogens (tertiary/aromatic N) is 2. The van der Waals surface area contributed by atoms with Crippen molar-refractivity contribution in [3.8, 4) is 0 Å². The van der Waals surface area contributed by atoms with Gasteiger partial charge in [0.1, 0.15) is 0 Å². The second kappa shape index (κ2) is 4.93. The number of nitro benzene ring substituents is 1. The van der Waals surface area contributed by atoms with Gasteiger partial charge in [0.05, 0.1) is 10.6 Å². The van der Waals surface area contributed by atoms with Gasteiger partial charge in [-0.05, 0) is 42.8 Å². The molecular formula is C11H13BrN2O4. The van der Waals surface area contributed by atoms with Crippen molar-refractivity contribution in [3.63, 3.8) is 0 Å². The molecule has 1 aromatic rings. The molecule has 0 unspecified atom stereocenters. The molecule has 1 N–H and O–H groups in total. The number of rotatable bonds is 2. The van der Waals surface area contributed by atoms with Gasteiger partial charge >= 0.3 is 6.09 Å². The lowest BCUT2D eigenvalue weighted by molar-refractivity contribution is -0.384. The van der Waals surface area contributed by atoms with Crippen LogP contribution in [0, 0.1) is 10.1 Å². The normalized spacial score (nSPS) is 11.1. The number of carbonyl (C=O) groups is 1. The van der Waals surface area contributed by atoms with Crippen LogP contribution in [0.25, 0.3) is 0 Å². The molecule has 18 heavy (non-hydrogen) atoms. The van der Waals surface area contributed by atoms with Crippen LogP contribution in [0.5, 0.6) is 0 Å². The summed E-state index contributed by atoms with van der Waals surface area (Å²) in [6.45, 7) is 5.14. The van der Waals surface area contributed by atoms with E-state index in [1.807, 2.05) is 0 Å². The molecule has 1 amide bonds. The van der Waals surface area contributed by atoms with Crippen molar-refractivity contribution in [2.24, 2.45) is 0 Å². The smallest absolute Gasteiger partial charge is 0.412 e. The largest absolute Gasteiger partial charge is 0.465 e. The monoisotopic (exact) mass is 316 g/mol. The summed E-state index contributed by atoms with van der Waals surface area (Å²) >= 11 is 3.21. The van der Waals surface area contributed by atoms with Gasteiger partial charge in [-0.15, -0.1) is 0 Å². The first kappa shape index (κ1) is 14.4. The minimum atomic E-state index is -1.16. The average molecular weight is 317 g/mol.